The summed E-state index contributed by atoms with van der Waals surface area (Å²) in [7, 11) is 0. The van der Waals surface area contributed by atoms with Gasteiger partial charge < -0.3 is 15.3 Å². The fourth-order valence-electron chi connectivity index (χ4n) is 4.16. The summed E-state index contributed by atoms with van der Waals surface area (Å²) < 4.78 is 14.9. The molecule has 1 aliphatic carbocycles. The number of hydrogen-bond acceptors (Lipinski definition) is 4. The molecule has 1 amide bonds. The Morgan fingerprint density at radius 2 is 1.83 bits per heavy atom. The maximum atomic E-state index is 13.1. The van der Waals surface area contributed by atoms with Crippen molar-refractivity contribution in [3.8, 4) is 0 Å². The van der Waals surface area contributed by atoms with E-state index in [1.54, 1.807) is 18.3 Å². The zero-order valence-corrected chi connectivity index (χ0v) is 16.7. The first kappa shape index (κ1) is 19.1. The summed E-state index contributed by atoms with van der Waals surface area (Å²) in [6, 6.07) is 12.1. The Kier molecular flexibility index (Phi) is 4.70. The Balaban J connectivity index is 1.27. The number of likely N-dealkylation sites (tertiary alicyclic amines) is 1. The van der Waals surface area contributed by atoms with E-state index in [9.17, 15) is 14.3 Å². The summed E-state index contributed by atoms with van der Waals surface area (Å²) in [6.07, 6.45) is 4.95. The first-order chi connectivity index (χ1) is 14.5. The zero-order chi connectivity index (χ0) is 20.7. The predicted molar refractivity (Wildman–Crippen MR) is 113 cm³/mol. The largest absolute Gasteiger partial charge is 0.388 e. The number of hydrogen-bond donors (Lipinski definition) is 2. The summed E-state index contributed by atoms with van der Waals surface area (Å²) in [4.78, 5) is 14.1. The highest BCUT2D eigenvalue weighted by atomic mass is 19.1. The van der Waals surface area contributed by atoms with E-state index in [2.05, 4.69) is 10.4 Å². The number of nitrogens with zero attached hydrogens (tertiary/aromatic N) is 3. The van der Waals surface area contributed by atoms with E-state index in [0.717, 1.165) is 35.1 Å². The fourth-order valence-corrected chi connectivity index (χ4v) is 4.16. The van der Waals surface area contributed by atoms with Crippen LogP contribution in [0, 0.1) is 11.7 Å². The van der Waals surface area contributed by atoms with Gasteiger partial charge in [0.25, 0.3) is 0 Å². The lowest BCUT2D eigenvalue weighted by atomic mass is 9.91. The van der Waals surface area contributed by atoms with Crippen LogP contribution in [-0.4, -0.2) is 44.4 Å². The van der Waals surface area contributed by atoms with Crippen LogP contribution in [0.5, 0.6) is 0 Å². The smallest absolute Gasteiger partial charge is 0.225 e. The van der Waals surface area contributed by atoms with Crippen molar-refractivity contribution in [1.82, 2.24) is 14.7 Å². The van der Waals surface area contributed by atoms with E-state index in [1.807, 2.05) is 27.8 Å². The molecule has 2 N–H and O–H groups in total. The van der Waals surface area contributed by atoms with Gasteiger partial charge in [-0.1, -0.05) is 0 Å². The molecule has 2 aliphatic rings. The van der Waals surface area contributed by atoms with E-state index in [0.29, 0.717) is 32.5 Å². The van der Waals surface area contributed by atoms with E-state index < -0.39 is 5.60 Å². The first-order valence-corrected chi connectivity index (χ1v) is 10.5. The molecular formula is C23H25FN4O2. The second-order valence-corrected chi connectivity index (χ2v) is 8.53. The lowest BCUT2D eigenvalue weighted by molar-refractivity contribution is -0.137. The Hall–Kier alpha value is -2.93. The minimum atomic E-state index is -0.857. The van der Waals surface area contributed by atoms with E-state index in [-0.39, 0.29) is 17.6 Å². The zero-order valence-electron chi connectivity index (χ0n) is 16.7. The van der Waals surface area contributed by atoms with Gasteiger partial charge in [0.1, 0.15) is 5.82 Å². The maximum absolute atomic E-state index is 13.1. The second-order valence-electron chi connectivity index (χ2n) is 8.53. The molecule has 0 unspecified atom stereocenters. The molecule has 1 saturated carbocycles. The molecule has 0 atom stereocenters. The van der Waals surface area contributed by atoms with E-state index in [1.165, 1.54) is 12.1 Å². The van der Waals surface area contributed by atoms with Crippen molar-refractivity contribution in [2.45, 2.75) is 37.8 Å². The van der Waals surface area contributed by atoms with Crippen molar-refractivity contribution in [2.24, 2.45) is 5.92 Å². The van der Waals surface area contributed by atoms with E-state index in [4.69, 9.17) is 0 Å². The second kappa shape index (κ2) is 7.40. The molecule has 0 radical (unpaired) electrons. The van der Waals surface area contributed by atoms with Gasteiger partial charge in [-0.05, 0) is 68.1 Å². The highest BCUT2D eigenvalue weighted by Crippen LogP contribution is 2.34. The standard InChI is InChI=1S/C23H25FN4O2/c24-18-3-5-19(6-4-18)26-20-7-8-21-17(13-20)14-25-28(21)15-23(30)9-11-27(12-10-23)22(29)16-1-2-16/h3-8,13-14,16,26,30H,1-2,9-12,15H2. The van der Waals surface area contributed by atoms with Crippen LogP contribution in [0.2, 0.25) is 0 Å². The van der Waals surface area contributed by atoms with Crippen molar-refractivity contribution >= 4 is 28.2 Å². The predicted octanol–water partition coefficient (Wildman–Crippen LogP) is 3.68. The lowest BCUT2D eigenvalue weighted by Crippen LogP contribution is -2.49. The number of nitrogens with one attached hydrogen (secondary N) is 1. The molecule has 1 saturated heterocycles. The number of carbonyl (C=O) groups excluding carboxylic acids is 1. The van der Waals surface area contributed by atoms with E-state index >= 15 is 0 Å². The molecule has 3 aromatic rings. The Morgan fingerprint density at radius 1 is 1.13 bits per heavy atom. The van der Waals surface area contributed by atoms with Gasteiger partial charge in [-0.15, -0.1) is 0 Å². The van der Waals surface area contributed by atoms with Crippen molar-refractivity contribution < 1.29 is 14.3 Å². The van der Waals surface area contributed by atoms with Gasteiger partial charge in [0, 0.05) is 35.8 Å². The number of anilines is 2. The van der Waals surface area contributed by atoms with Crippen LogP contribution >= 0.6 is 0 Å². The van der Waals surface area contributed by atoms with Gasteiger partial charge in [0.2, 0.25) is 5.91 Å². The minimum absolute atomic E-state index is 0.226. The van der Waals surface area contributed by atoms with Gasteiger partial charge in [-0.3, -0.25) is 9.48 Å². The molecule has 7 heteroatoms. The van der Waals surface area contributed by atoms with Crippen LogP contribution in [0.1, 0.15) is 25.7 Å². The van der Waals surface area contributed by atoms with Gasteiger partial charge in [0.15, 0.2) is 0 Å². The van der Waals surface area contributed by atoms with Crippen molar-refractivity contribution in [1.29, 1.82) is 0 Å². The van der Waals surface area contributed by atoms with Gasteiger partial charge in [0.05, 0.1) is 23.9 Å². The monoisotopic (exact) mass is 408 g/mol. The third-order valence-electron chi connectivity index (χ3n) is 6.15. The number of amides is 1. The molecule has 1 aliphatic heterocycles. The Labute approximate surface area is 174 Å². The number of rotatable bonds is 5. The molecule has 0 bridgehead atoms. The lowest BCUT2D eigenvalue weighted by Gasteiger charge is -2.38. The molecule has 2 aromatic carbocycles. The molecule has 5 rings (SSSR count). The average molecular weight is 408 g/mol. The average Bonchev–Trinajstić information content (AvgIpc) is 3.52. The fraction of sp³-hybridized carbons (Fsp3) is 0.391. The summed E-state index contributed by atoms with van der Waals surface area (Å²) in [6.45, 7) is 1.63. The van der Waals surface area contributed by atoms with Crippen LogP contribution in [0.15, 0.2) is 48.7 Å². The minimum Gasteiger partial charge on any atom is -0.388 e. The van der Waals surface area contributed by atoms with Crippen molar-refractivity contribution in [3.05, 3.63) is 54.5 Å². The van der Waals surface area contributed by atoms with Gasteiger partial charge in [-0.2, -0.15) is 5.10 Å². The molecule has 156 valence electrons. The quantitative estimate of drug-likeness (QED) is 0.676. The third kappa shape index (κ3) is 3.89. The highest BCUT2D eigenvalue weighted by Gasteiger charge is 2.39. The Morgan fingerprint density at radius 3 is 2.53 bits per heavy atom. The van der Waals surface area contributed by atoms with Crippen molar-refractivity contribution in [2.75, 3.05) is 18.4 Å². The summed E-state index contributed by atoms with van der Waals surface area (Å²) in [5, 5.41) is 19.8. The Bertz CT molecular complexity index is 1070. The first-order valence-electron chi connectivity index (χ1n) is 10.5. The number of halogens is 1. The number of aliphatic hydroxyl groups is 1. The molecule has 2 fully saturated rings. The van der Waals surface area contributed by atoms with Gasteiger partial charge in [-0.25, -0.2) is 4.39 Å². The van der Waals surface area contributed by atoms with Crippen LogP contribution in [-0.2, 0) is 11.3 Å². The van der Waals surface area contributed by atoms with Crippen molar-refractivity contribution in [3.63, 3.8) is 0 Å². The normalized spacial score (nSPS) is 18.5. The summed E-state index contributed by atoms with van der Waals surface area (Å²) in [5.41, 5.74) is 1.79. The molecule has 2 heterocycles. The maximum Gasteiger partial charge on any atom is 0.225 e. The van der Waals surface area contributed by atoms with Crippen LogP contribution in [0.3, 0.4) is 0 Å². The molecule has 1 aromatic heterocycles. The number of fused-ring (bicyclic) bond motifs is 1. The van der Waals surface area contributed by atoms with Crippen LogP contribution in [0.25, 0.3) is 10.9 Å². The topological polar surface area (TPSA) is 70.4 Å². The third-order valence-corrected chi connectivity index (χ3v) is 6.15. The number of piperidine rings is 1. The number of carbonyl (C=O) groups is 1. The van der Waals surface area contributed by atoms with Crippen LogP contribution in [0.4, 0.5) is 15.8 Å². The molecular weight excluding hydrogens is 383 g/mol. The SMILES string of the molecule is O=C(C1CC1)N1CCC(O)(Cn2ncc3cc(Nc4ccc(F)cc4)ccc32)CC1. The molecule has 30 heavy (non-hydrogen) atoms. The van der Waals surface area contributed by atoms with Gasteiger partial charge >= 0.3 is 0 Å². The highest BCUT2D eigenvalue weighted by molar-refractivity contribution is 5.83. The molecule has 6 nitrogen and oxygen atoms in total. The summed E-state index contributed by atoms with van der Waals surface area (Å²) in [5.74, 6) is 0.213. The van der Waals surface area contributed by atoms with Crippen LogP contribution < -0.4 is 5.32 Å². The number of benzene rings is 2. The summed E-state index contributed by atoms with van der Waals surface area (Å²) >= 11 is 0. The molecule has 0 spiro atoms. The number of aromatic nitrogens is 2.